The van der Waals surface area contributed by atoms with Crippen molar-refractivity contribution >= 4 is 11.6 Å². The zero-order valence-corrected chi connectivity index (χ0v) is 13.5. The summed E-state index contributed by atoms with van der Waals surface area (Å²) in [5.74, 6) is 1.16. The van der Waals surface area contributed by atoms with Crippen LogP contribution in [0.1, 0.15) is 17.5 Å². The fourth-order valence-electron chi connectivity index (χ4n) is 2.54. The Morgan fingerprint density at radius 3 is 2.83 bits per heavy atom. The number of halogens is 2. The second kappa shape index (κ2) is 7.66. The highest BCUT2D eigenvalue weighted by Gasteiger charge is 2.15. The molecule has 2 aromatic carbocycles. The Hall–Kier alpha value is -1.78. The highest BCUT2D eigenvalue weighted by atomic mass is 35.5. The van der Waals surface area contributed by atoms with Crippen LogP contribution in [-0.2, 0) is 13.0 Å². The van der Waals surface area contributed by atoms with E-state index in [1.165, 1.54) is 6.07 Å². The number of hydrogen-bond acceptors (Lipinski definition) is 3. The highest BCUT2D eigenvalue weighted by Crippen LogP contribution is 2.37. The molecule has 23 heavy (non-hydrogen) atoms. The summed E-state index contributed by atoms with van der Waals surface area (Å²) in [6.45, 7) is 2.58. The van der Waals surface area contributed by atoms with Gasteiger partial charge in [-0.3, -0.25) is 0 Å². The second-order valence-electron chi connectivity index (χ2n) is 5.47. The summed E-state index contributed by atoms with van der Waals surface area (Å²) in [6.07, 6.45) is 1.49. The van der Waals surface area contributed by atoms with Gasteiger partial charge in [0.2, 0.25) is 0 Å². The molecule has 0 radical (unpaired) electrons. The summed E-state index contributed by atoms with van der Waals surface area (Å²) < 4.78 is 24.8. The van der Waals surface area contributed by atoms with Gasteiger partial charge in [-0.2, -0.15) is 0 Å². The van der Waals surface area contributed by atoms with Gasteiger partial charge in [-0.1, -0.05) is 29.8 Å². The van der Waals surface area contributed by atoms with Gasteiger partial charge >= 0.3 is 0 Å². The van der Waals surface area contributed by atoms with Gasteiger partial charge in [-0.15, -0.1) is 0 Å². The summed E-state index contributed by atoms with van der Waals surface area (Å²) in [5.41, 5.74) is 1.74. The number of nitrogens with one attached hydrogen (secondary N) is 1. The molecule has 0 aromatic heterocycles. The van der Waals surface area contributed by atoms with E-state index in [-0.39, 0.29) is 5.82 Å². The maximum Gasteiger partial charge on any atom is 0.179 e. The van der Waals surface area contributed by atoms with Crippen LogP contribution < -0.4 is 14.8 Å². The van der Waals surface area contributed by atoms with Crippen molar-refractivity contribution in [3.8, 4) is 11.5 Å². The van der Waals surface area contributed by atoms with E-state index < -0.39 is 0 Å². The van der Waals surface area contributed by atoms with Crippen molar-refractivity contribution in [3.05, 3.63) is 58.4 Å². The maximum atomic E-state index is 13.5. The van der Waals surface area contributed by atoms with E-state index >= 15 is 0 Å². The van der Waals surface area contributed by atoms with Crippen LogP contribution in [0.2, 0.25) is 5.02 Å². The molecule has 0 bridgehead atoms. The van der Waals surface area contributed by atoms with Gasteiger partial charge in [0.15, 0.2) is 11.5 Å². The molecule has 0 amide bonds. The summed E-state index contributed by atoms with van der Waals surface area (Å²) in [5, 5.41) is 3.87. The number of hydrogen-bond donors (Lipinski definition) is 1. The van der Waals surface area contributed by atoms with E-state index in [2.05, 4.69) is 5.32 Å². The van der Waals surface area contributed by atoms with E-state index in [9.17, 15) is 4.39 Å². The number of rotatable bonds is 5. The van der Waals surface area contributed by atoms with Crippen LogP contribution in [0.4, 0.5) is 4.39 Å². The maximum absolute atomic E-state index is 13.5. The molecular formula is C18H19ClFNO2. The first-order chi connectivity index (χ1) is 11.2. The van der Waals surface area contributed by atoms with Gasteiger partial charge in [-0.05, 0) is 42.3 Å². The van der Waals surface area contributed by atoms with Gasteiger partial charge in [0, 0.05) is 13.0 Å². The highest BCUT2D eigenvalue weighted by molar-refractivity contribution is 6.32. The standard InChI is InChI=1S/C18H19ClFNO2/c19-15-10-13(11-17-18(15)23-9-3-8-22-17)12-21-7-6-14-4-1-2-5-16(14)20/h1-2,4-5,10-11,21H,3,6-9,12H2. The molecule has 0 aliphatic carbocycles. The van der Waals surface area contributed by atoms with Gasteiger partial charge in [0.05, 0.1) is 18.2 Å². The second-order valence-corrected chi connectivity index (χ2v) is 5.88. The third kappa shape index (κ3) is 4.15. The Morgan fingerprint density at radius 2 is 1.96 bits per heavy atom. The molecule has 0 fully saturated rings. The van der Waals surface area contributed by atoms with Crippen molar-refractivity contribution in [2.24, 2.45) is 0 Å². The van der Waals surface area contributed by atoms with Crippen molar-refractivity contribution in [1.82, 2.24) is 5.32 Å². The minimum atomic E-state index is -0.159. The molecule has 1 heterocycles. The lowest BCUT2D eigenvalue weighted by Gasteiger charge is -2.12. The molecule has 0 unspecified atom stereocenters. The van der Waals surface area contributed by atoms with Crippen LogP contribution in [0, 0.1) is 5.82 Å². The summed E-state index contributed by atoms with van der Waals surface area (Å²) >= 11 is 6.27. The van der Waals surface area contributed by atoms with Crippen molar-refractivity contribution in [2.75, 3.05) is 19.8 Å². The molecule has 0 saturated heterocycles. The zero-order valence-electron chi connectivity index (χ0n) is 12.8. The average molecular weight is 336 g/mol. The molecule has 1 aliphatic rings. The quantitative estimate of drug-likeness (QED) is 0.839. The van der Waals surface area contributed by atoms with Crippen LogP contribution in [-0.4, -0.2) is 19.8 Å². The normalized spacial score (nSPS) is 13.7. The van der Waals surface area contributed by atoms with E-state index in [4.69, 9.17) is 21.1 Å². The van der Waals surface area contributed by atoms with E-state index in [1.54, 1.807) is 6.07 Å². The molecular weight excluding hydrogens is 317 g/mol. The Labute approximate surface area is 140 Å². The van der Waals surface area contributed by atoms with E-state index in [0.29, 0.717) is 49.2 Å². The van der Waals surface area contributed by atoms with Crippen LogP contribution in [0.15, 0.2) is 36.4 Å². The molecule has 122 valence electrons. The van der Waals surface area contributed by atoms with E-state index in [0.717, 1.165) is 17.5 Å². The monoisotopic (exact) mass is 335 g/mol. The molecule has 5 heteroatoms. The van der Waals surface area contributed by atoms with Crippen LogP contribution in [0.25, 0.3) is 0 Å². The van der Waals surface area contributed by atoms with Gasteiger partial charge in [0.25, 0.3) is 0 Å². The molecule has 2 aromatic rings. The lowest BCUT2D eigenvalue weighted by molar-refractivity contribution is 0.297. The first kappa shape index (κ1) is 16.1. The SMILES string of the molecule is Fc1ccccc1CCNCc1cc(Cl)c2c(c1)OCCCO2. The Morgan fingerprint density at radius 1 is 1.13 bits per heavy atom. The molecule has 0 spiro atoms. The topological polar surface area (TPSA) is 30.5 Å². The third-order valence-electron chi connectivity index (χ3n) is 3.72. The third-order valence-corrected chi connectivity index (χ3v) is 4.00. The van der Waals surface area contributed by atoms with Gasteiger partial charge in [-0.25, -0.2) is 4.39 Å². The summed E-state index contributed by atoms with van der Waals surface area (Å²) in [4.78, 5) is 0. The van der Waals surface area contributed by atoms with Crippen molar-refractivity contribution in [1.29, 1.82) is 0 Å². The minimum Gasteiger partial charge on any atom is -0.489 e. The Bertz CT molecular complexity index is 678. The summed E-state index contributed by atoms with van der Waals surface area (Å²) in [7, 11) is 0. The first-order valence-corrected chi connectivity index (χ1v) is 8.14. The molecule has 0 atom stereocenters. The van der Waals surface area contributed by atoms with Crippen molar-refractivity contribution in [3.63, 3.8) is 0 Å². The predicted octanol–water partition coefficient (Wildman–Crippen LogP) is 3.97. The predicted molar refractivity (Wildman–Crippen MR) is 88.9 cm³/mol. The minimum absolute atomic E-state index is 0.159. The molecule has 3 rings (SSSR count). The molecule has 3 nitrogen and oxygen atoms in total. The lowest BCUT2D eigenvalue weighted by Crippen LogP contribution is -2.17. The fraction of sp³-hybridized carbons (Fsp3) is 0.333. The Balaban J connectivity index is 1.57. The fourth-order valence-corrected chi connectivity index (χ4v) is 2.83. The van der Waals surface area contributed by atoms with E-state index in [1.807, 2.05) is 24.3 Å². The van der Waals surface area contributed by atoms with Crippen LogP contribution in [0.3, 0.4) is 0 Å². The van der Waals surface area contributed by atoms with Crippen LogP contribution >= 0.6 is 11.6 Å². The smallest absolute Gasteiger partial charge is 0.179 e. The number of ether oxygens (including phenoxy) is 2. The number of benzene rings is 2. The largest absolute Gasteiger partial charge is 0.489 e. The van der Waals surface area contributed by atoms with Crippen molar-refractivity contribution < 1.29 is 13.9 Å². The van der Waals surface area contributed by atoms with Gasteiger partial charge in [0.1, 0.15) is 5.82 Å². The summed E-state index contributed by atoms with van der Waals surface area (Å²) in [6, 6.07) is 10.7. The number of fused-ring (bicyclic) bond motifs is 1. The van der Waals surface area contributed by atoms with Crippen LogP contribution in [0.5, 0.6) is 11.5 Å². The first-order valence-electron chi connectivity index (χ1n) is 7.76. The average Bonchev–Trinajstić information content (AvgIpc) is 2.79. The van der Waals surface area contributed by atoms with Gasteiger partial charge < -0.3 is 14.8 Å². The van der Waals surface area contributed by atoms with Crippen molar-refractivity contribution in [2.45, 2.75) is 19.4 Å². The lowest BCUT2D eigenvalue weighted by atomic mass is 10.1. The molecule has 1 aliphatic heterocycles. The Kier molecular flexibility index (Phi) is 5.36. The molecule has 0 saturated carbocycles. The zero-order chi connectivity index (χ0) is 16.1. The molecule has 1 N–H and O–H groups in total.